The number of carbonyl (C=O) groups is 1. The van der Waals surface area contributed by atoms with Crippen molar-refractivity contribution in [2.24, 2.45) is 0 Å². The number of hydrogen-bond acceptors (Lipinski definition) is 3. The van der Waals surface area contributed by atoms with Crippen LogP contribution >= 0.6 is 24.2 Å². The maximum absolute atomic E-state index is 12.2. The molecule has 3 rings (SSSR count). The summed E-state index contributed by atoms with van der Waals surface area (Å²) in [5, 5.41) is 0.259. The van der Waals surface area contributed by atoms with Crippen molar-refractivity contribution in [3.63, 3.8) is 0 Å². The Bertz CT molecular complexity index is 795. The first-order valence-electron chi connectivity index (χ1n) is 7.89. The number of benzene rings is 2. The Balaban J connectivity index is 0.000000212. The van der Waals surface area contributed by atoms with E-state index in [0.717, 1.165) is 30.0 Å². The van der Waals surface area contributed by atoms with Crippen molar-refractivity contribution >= 4 is 41.5 Å². The summed E-state index contributed by atoms with van der Waals surface area (Å²) in [5.74, 6) is -0.320. The highest BCUT2D eigenvalue weighted by atomic mass is 35.5. The number of aryl methyl sites for hydroxylation is 1. The molecular weight excluding hydrogens is 359 g/mol. The molecule has 0 aromatic heterocycles. The summed E-state index contributed by atoms with van der Waals surface area (Å²) in [7, 11) is 0. The Morgan fingerprint density at radius 3 is 2.76 bits per heavy atom. The van der Waals surface area contributed by atoms with E-state index in [4.69, 9.17) is 17.3 Å². The van der Waals surface area contributed by atoms with Crippen molar-refractivity contribution < 1.29 is 9.18 Å². The van der Waals surface area contributed by atoms with Crippen LogP contribution in [0.15, 0.2) is 53.4 Å². The van der Waals surface area contributed by atoms with Gasteiger partial charge in [-0.1, -0.05) is 29.8 Å². The summed E-state index contributed by atoms with van der Waals surface area (Å²) in [4.78, 5) is 14.6. The van der Waals surface area contributed by atoms with E-state index in [1.807, 2.05) is 24.0 Å². The van der Waals surface area contributed by atoms with Gasteiger partial charge in [0, 0.05) is 11.4 Å². The van der Waals surface area contributed by atoms with Crippen LogP contribution in [0.2, 0.25) is 5.02 Å². The lowest BCUT2D eigenvalue weighted by atomic mass is 10.0. The monoisotopic (exact) mass is 378 g/mol. The van der Waals surface area contributed by atoms with Crippen LogP contribution in [-0.4, -0.2) is 12.5 Å². The fraction of sp³-hybridized carbons (Fsp3) is 0.211. The Labute approximate surface area is 157 Å². The summed E-state index contributed by atoms with van der Waals surface area (Å²) in [6.07, 6.45) is 5.43. The van der Waals surface area contributed by atoms with Gasteiger partial charge in [-0.3, -0.25) is 4.79 Å². The third kappa shape index (κ3) is 5.00. The first-order valence-corrected chi connectivity index (χ1v) is 8.72. The highest BCUT2D eigenvalue weighted by Gasteiger charge is 2.22. The van der Waals surface area contributed by atoms with Crippen molar-refractivity contribution in [1.29, 1.82) is 0 Å². The molecule has 25 heavy (non-hydrogen) atoms. The molecule has 1 amide bonds. The number of thiol groups is 1. The second-order valence-corrected chi connectivity index (χ2v) is 6.43. The number of nitrogens with two attached hydrogens (primary N) is 1. The van der Waals surface area contributed by atoms with Crippen molar-refractivity contribution in [2.45, 2.75) is 24.7 Å². The molecule has 2 aromatic rings. The molecule has 3 nitrogen and oxygen atoms in total. The zero-order valence-corrected chi connectivity index (χ0v) is 15.5. The number of nitrogen functional groups attached to an aromatic ring is 1. The number of amides is 1. The van der Waals surface area contributed by atoms with Crippen LogP contribution in [0.4, 0.5) is 15.8 Å². The number of halogens is 2. The van der Waals surface area contributed by atoms with Gasteiger partial charge in [0.05, 0.1) is 16.4 Å². The van der Waals surface area contributed by atoms with Crippen LogP contribution < -0.4 is 10.6 Å². The second-order valence-electron chi connectivity index (χ2n) is 5.54. The standard InChI is InChI=1S/C13H15NOS.C6H5ClFN/c1-2-5-12(15)14-9-4-7-10-6-3-8-11(16)13(10)14;7-5-3-4(8)1-2-6(5)9/h2-3,5-6,8,16H,4,7,9H2,1H3;1-3H,9H2/b5-2+;. The third-order valence-corrected chi connectivity index (χ3v) is 4.42. The molecule has 2 N–H and O–H groups in total. The Kier molecular flexibility index (Phi) is 6.91. The van der Waals surface area contributed by atoms with Crippen LogP contribution in [-0.2, 0) is 11.2 Å². The summed E-state index contributed by atoms with van der Waals surface area (Å²) in [6, 6.07) is 9.87. The van der Waals surface area contributed by atoms with Crippen LogP contribution in [0.5, 0.6) is 0 Å². The van der Waals surface area contributed by atoms with Gasteiger partial charge < -0.3 is 10.6 Å². The highest BCUT2D eigenvalue weighted by molar-refractivity contribution is 7.80. The topological polar surface area (TPSA) is 46.3 Å². The van der Waals surface area contributed by atoms with E-state index >= 15 is 0 Å². The molecule has 0 unspecified atom stereocenters. The fourth-order valence-corrected chi connectivity index (χ4v) is 3.10. The number of allylic oxidation sites excluding steroid dienone is 1. The molecule has 6 heteroatoms. The lowest BCUT2D eigenvalue weighted by molar-refractivity contribution is -0.114. The molecule has 0 radical (unpaired) electrons. The van der Waals surface area contributed by atoms with Gasteiger partial charge in [-0.2, -0.15) is 0 Å². The van der Waals surface area contributed by atoms with Gasteiger partial charge in [0.1, 0.15) is 5.82 Å². The molecule has 0 bridgehead atoms. The first-order chi connectivity index (χ1) is 11.9. The molecule has 1 aliphatic rings. The summed E-state index contributed by atoms with van der Waals surface area (Å²) < 4.78 is 12.2. The lowest BCUT2D eigenvalue weighted by Crippen LogP contribution is -2.34. The maximum Gasteiger partial charge on any atom is 0.250 e. The quantitative estimate of drug-likeness (QED) is 0.421. The van der Waals surface area contributed by atoms with Gasteiger partial charge in [0.25, 0.3) is 5.91 Å². The highest BCUT2D eigenvalue weighted by Crippen LogP contribution is 2.33. The van der Waals surface area contributed by atoms with E-state index < -0.39 is 0 Å². The van der Waals surface area contributed by atoms with Gasteiger partial charge in [0.15, 0.2) is 0 Å². The van der Waals surface area contributed by atoms with E-state index in [-0.39, 0.29) is 16.7 Å². The number of para-hydroxylation sites is 1. The number of nitrogens with zero attached hydrogens (tertiary/aromatic N) is 1. The molecule has 1 aliphatic heterocycles. The average molecular weight is 379 g/mol. The molecule has 0 saturated carbocycles. The first kappa shape index (κ1) is 19.3. The van der Waals surface area contributed by atoms with Gasteiger partial charge in [0.2, 0.25) is 0 Å². The third-order valence-electron chi connectivity index (χ3n) is 3.73. The van der Waals surface area contributed by atoms with Gasteiger partial charge in [-0.25, -0.2) is 4.39 Å². The number of hydrogen-bond donors (Lipinski definition) is 2. The van der Waals surface area contributed by atoms with E-state index in [2.05, 4.69) is 18.7 Å². The molecular formula is C19H20ClFN2OS. The summed E-state index contributed by atoms with van der Waals surface area (Å²) >= 11 is 9.89. The largest absolute Gasteiger partial charge is 0.398 e. The van der Waals surface area contributed by atoms with Crippen molar-refractivity contribution in [3.05, 3.63) is 65.0 Å². The lowest BCUT2D eigenvalue weighted by Gasteiger charge is -2.29. The molecule has 0 aliphatic carbocycles. The molecule has 0 fully saturated rings. The minimum atomic E-state index is -0.366. The number of fused-ring (bicyclic) bond motifs is 1. The smallest absolute Gasteiger partial charge is 0.250 e. The molecule has 0 spiro atoms. The van der Waals surface area contributed by atoms with E-state index in [1.165, 1.54) is 23.8 Å². The number of carbonyl (C=O) groups excluding carboxylic acids is 1. The van der Waals surface area contributed by atoms with Gasteiger partial charge in [-0.05, 0) is 55.7 Å². The van der Waals surface area contributed by atoms with E-state index in [9.17, 15) is 9.18 Å². The van der Waals surface area contributed by atoms with Crippen LogP contribution in [0.25, 0.3) is 0 Å². The second kappa shape index (κ2) is 8.92. The average Bonchev–Trinajstić information content (AvgIpc) is 2.59. The van der Waals surface area contributed by atoms with Crippen molar-refractivity contribution in [1.82, 2.24) is 0 Å². The van der Waals surface area contributed by atoms with Crippen molar-refractivity contribution in [3.8, 4) is 0 Å². The molecule has 2 aromatic carbocycles. The Hall–Kier alpha value is -1.98. The SMILES string of the molecule is C/C=C/C(=O)N1CCCc2cccc(S)c21.Nc1ccc(F)cc1Cl. The zero-order valence-electron chi connectivity index (χ0n) is 13.9. The van der Waals surface area contributed by atoms with Crippen LogP contribution in [0.1, 0.15) is 18.9 Å². The summed E-state index contributed by atoms with van der Waals surface area (Å²) in [5.41, 5.74) is 7.90. The van der Waals surface area contributed by atoms with Gasteiger partial charge in [-0.15, -0.1) is 12.6 Å². The minimum absolute atomic E-state index is 0.0463. The predicted octanol–water partition coefficient (Wildman–Crippen LogP) is 4.89. The Morgan fingerprint density at radius 1 is 1.36 bits per heavy atom. The molecule has 132 valence electrons. The van der Waals surface area contributed by atoms with E-state index in [1.54, 1.807) is 12.2 Å². The fourth-order valence-electron chi connectivity index (χ4n) is 2.59. The number of anilines is 2. The van der Waals surface area contributed by atoms with Crippen LogP contribution in [0, 0.1) is 5.82 Å². The predicted molar refractivity (Wildman–Crippen MR) is 105 cm³/mol. The molecule has 1 heterocycles. The minimum Gasteiger partial charge on any atom is -0.398 e. The Morgan fingerprint density at radius 2 is 2.12 bits per heavy atom. The molecule has 0 atom stereocenters. The zero-order chi connectivity index (χ0) is 18.4. The normalized spacial score (nSPS) is 13.2. The number of rotatable bonds is 1. The maximum atomic E-state index is 12.2. The van der Waals surface area contributed by atoms with E-state index in [0.29, 0.717) is 5.69 Å². The van der Waals surface area contributed by atoms with Crippen LogP contribution in [0.3, 0.4) is 0 Å². The molecule has 0 saturated heterocycles. The van der Waals surface area contributed by atoms with Crippen molar-refractivity contribution in [2.75, 3.05) is 17.2 Å². The summed E-state index contributed by atoms with van der Waals surface area (Å²) in [6.45, 7) is 2.64. The van der Waals surface area contributed by atoms with Gasteiger partial charge >= 0.3 is 0 Å².